The number of nitrogens with one attached hydrogen (secondary N) is 1. The van der Waals surface area contributed by atoms with Gasteiger partial charge in [-0.2, -0.15) is 0 Å². The number of benzene rings is 2. The van der Waals surface area contributed by atoms with Crippen molar-refractivity contribution in [2.45, 2.75) is 45.3 Å². The second-order valence-corrected chi connectivity index (χ2v) is 8.29. The number of carbonyl (C=O) groups excluding carboxylic acids is 3. The van der Waals surface area contributed by atoms with Gasteiger partial charge in [-0.15, -0.1) is 0 Å². The lowest BCUT2D eigenvalue weighted by molar-refractivity contribution is -0.146. The van der Waals surface area contributed by atoms with Crippen LogP contribution in [-0.4, -0.2) is 30.8 Å². The van der Waals surface area contributed by atoms with Crippen LogP contribution >= 0.6 is 0 Å². The number of ketones is 1. The number of hydrogen-bond donors (Lipinski definition) is 1. The molecule has 32 heavy (non-hydrogen) atoms. The minimum Gasteiger partial charge on any atom is -0.461 e. The third-order valence-corrected chi connectivity index (χ3v) is 5.80. The molecule has 3 rings (SSSR count). The topological polar surface area (TPSA) is 81.7 Å². The van der Waals surface area contributed by atoms with Gasteiger partial charge in [0.25, 0.3) is 0 Å². The van der Waals surface area contributed by atoms with E-state index in [2.05, 4.69) is 5.32 Å². The van der Waals surface area contributed by atoms with Gasteiger partial charge in [-0.3, -0.25) is 14.4 Å². The molecule has 1 aliphatic rings. The maximum atomic E-state index is 12.4. The van der Waals surface area contributed by atoms with Crippen molar-refractivity contribution in [3.05, 3.63) is 71.8 Å². The van der Waals surface area contributed by atoms with Crippen molar-refractivity contribution < 1.29 is 23.9 Å². The molecule has 1 amide bonds. The third-order valence-electron chi connectivity index (χ3n) is 5.80. The number of amides is 1. The van der Waals surface area contributed by atoms with E-state index in [9.17, 15) is 14.4 Å². The molecule has 2 aromatic carbocycles. The van der Waals surface area contributed by atoms with E-state index in [1.54, 1.807) is 0 Å². The van der Waals surface area contributed by atoms with Gasteiger partial charge in [0.05, 0.1) is 13.2 Å². The van der Waals surface area contributed by atoms with Crippen LogP contribution in [0.1, 0.15) is 43.2 Å². The van der Waals surface area contributed by atoms with Gasteiger partial charge in [-0.25, -0.2) is 0 Å². The van der Waals surface area contributed by atoms with Crippen LogP contribution in [0.15, 0.2) is 60.7 Å². The summed E-state index contributed by atoms with van der Waals surface area (Å²) in [7, 11) is 0. The highest BCUT2D eigenvalue weighted by Gasteiger charge is 2.27. The Kier molecular flexibility index (Phi) is 9.44. The van der Waals surface area contributed by atoms with Crippen molar-refractivity contribution in [1.82, 2.24) is 5.32 Å². The quantitative estimate of drug-likeness (QED) is 0.541. The van der Waals surface area contributed by atoms with Crippen molar-refractivity contribution in [1.29, 1.82) is 0 Å². The molecule has 0 aliphatic heterocycles. The van der Waals surface area contributed by atoms with Crippen molar-refractivity contribution in [2.24, 2.45) is 11.8 Å². The van der Waals surface area contributed by atoms with E-state index < -0.39 is 0 Å². The number of hydrogen-bond acceptors (Lipinski definition) is 5. The smallest absolute Gasteiger partial charge is 0.306 e. The fourth-order valence-electron chi connectivity index (χ4n) is 3.94. The van der Waals surface area contributed by atoms with Crippen molar-refractivity contribution in [3.8, 4) is 0 Å². The molecule has 6 nitrogen and oxygen atoms in total. The lowest BCUT2D eigenvalue weighted by atomic mass is 9.79. The Bertz CT molecular complexity index is 860. The van der Waals surface area contributed by atoms with Crippen LogP contribution < -0.4 is 5.32 Å². The Morgan fingerprint density at radius 2 is 1.41 bits per heavy atom. The summed E-state index contributed by atoms with van der Waals surface area (Å²) >= 11 is 0. The van der Waals surface area contributed by atoms with Crippen LogP contribution in [0.5, 0.6) is 0 Å². The highest BCUT2D eigenvalue weighted by Crippen LogP contribution is 2.31. The number of ether oxygens (including phenoxy) is 2. The monoisotopic (exact) mass is 437 g/mol. The van der Waals surface area contributed by atoms with Crippen molar-refractivity contribution >= 4 is 17.7 Å². The van der Waals surface area contributed by atoms with E-state index in [-0.39, 0.29) is 42.6 Å². The first-order chi connectivity index (χ1) is 15.6. The molecule has 0 heterocycles. The largest absolute Gasteiger partial charge is 0.461 e. The first-order valence-electron chi connectivity index (χ1n) is 11.2. The Morgan fingerprint density at radius 3 is 2.03 bits per heavy atom. The second-order valence-electron chi connectivity index (χ2n) is 8.29. The first-order valence-corrected chi connectivity index (χ1v) is 11.2. The van der Waals surface area contributed by atoms with Gasteiger partial charge in [-0.1, -0.05) is 60.7 Å². The lowest BCUT2D eigenvalue weighted by Gasteiger charge is -2.27. The Morgan fingerprint density at radius 1 is 0.812 bits per heavy atom. The lowest BCUT2D eigenvalue weighted by Crippen LogP contribution is -2.36. The van der Waals surface area contributed by atoms with Gasteiger partial charge < -0.3 is 14.8 Å². The third kappa shape index (κ3) is 8.27. The molecule has 0 atom stereocenters. The van der Waals surface area contributed by atoms with Gasteiger partial charge in [-0.05, 0) is 42.7 Å². The summed E-state index contributed by atoms with van der Waals surface area (Å²) in [4.78, 5) is 36.5. The molecular weight excluding hydrogens is 406 g/mol. The van der Waals surface area contributed by atoms with E-state index in [4.69, 9.17) is 9.47 Å². The minimum atomic E-state index is -0.288. The van der Waals surface area contributed by atoms with E-state index in [1.165, 1.54) is 0 Å². The minimum absolute atomic E-state index is 0.0297. The molecule has 0 aromatic heterocycles. The molecule has 1 saturated carbocycles. The summed E-state index contributed by atoms with van der Waals surface area (Å²) in [6.45, 7) is 0.615. The molecule has 170 valence electrons. The second kappa shape index (κ2) is 12.8. The predicted molar refractivity (Wildman–Crippen MR) is 120 cm³/mol. The number of esters is 1. The van der Waals surface area contributed by atoms with Crippen LogP contribution in [0.2, 0.25) is 0 Å². The Labute approximate surface area is 189 Å². The molecule has 6 heteroatoms. The maximum Gasteiger partial charge on any atom is 0.306 e. The standard InChI is InChI=1S/C26H31NO5/c28-24(16-27-25(29)19-31-17-21-7-3-1-4-8-21)23-13-11-20(12-14-23)15-26(30)32-18-22-9-5-2-6-10-22/h1-10,20,23H,11-19H2,(H,27,29). The predicted octanol–water partition coefficient (Wildman–Crippen LogP) is 3.83. The van der Waals surface area contributed by atoms with Gasteiger partial charge in [0.2, 0.25) is 5.91 Å². The number of rotatable bonds is 11. The average molecular weight is 438 g/mol. The van der Waals surface area contributed by atoms with Crippen molar-refractivity contribution in [2.75, 3.05) is 13.2 Å². The molecule has 0 spiro atoms. The summed E-state index contributed by atoms with van der Waals surface area (Å²) in [5.41, 5.74) is 1.97. The molecule has 0 unspecified atom stereocenters. The fraction of sp³-hybridized carbons (Fsp3) is 0.423. The van der Waals surface area contributed by atoms with E-state index in [0.29, 0.717) is 19.6 Å². The van der Waals surface area contributed by atoms with Gasteiger partial charge in [0, 0.05) is 12.3 Å². The zero-order valence-corrected chi connectivity index (χ0v) is 18.3. The Hall–Kier alpha value is -2.99. The average Bonchev–Trinajstić information content (AvgIpc) is 2.83. The van der Waals surface area contributed by atoms with E-state index in [0.717, 1.165) is 36.8 Å². The SMILES string of the molecule is O=C(COCc1ccccc1)NCC(=O)C1CCC(CC(=O)OCc2ccccc2)CC1. The highest BCUT2D eigenvalue weighted by molar-refractivity contribution is 5.88. The Balaban J connectivity index is 1.26. The van der Waals surface area contributed by atoms with E-state index in [1.807, 2.05) is 60.7 Å². The summed E-state index contributed by atoms with van der Waals surface area (Å²) in [5.74, 6) is -0.234. The maximum absolute atomic E-state index is 12.4. The first kappa shape index (κ1) is 23.7. The molecule has 1 aliphatic carbocycles. The van der Waals surface area contributed by atoms with Gasteiger partial charge >= 0.3 is 5.97 Å². The normalized spacial score (nSPS) is 18.0. The summed E-state index contributed by atoms with van der Waals surface area (Å²) in [5, 5.41) is 2.65. The molecule has 1 fully saturated rings. The summed E-state index contributed by atoms with van der Waals surface area (Å²) in [6, 6.07) is 19.2. The fourth-order valence-corrected chi connectivity index (χ4v) is 3.94. The highest BCUT2D eigenvalue weighted by atomic mass is 16.5. The zero-order chi connectivity index (χ0) is 22.6. The number of carbonyl (C=O) groups is 3. The van der Waals surface area contributed by atoms with Gasteiger partial charge in [0.15, 0.2) is 5.78 Å². The van der Waals surface area contributed by atoms with Crippen LogP contribution in [0.4, 0.5) is 0 Å². The van der Waals surface area contributed by atoms with Gasteiger partial charge in [0.1, 0.15) is 13.2 Å². The zero-order valence-electron chi connectivity index (χ0n) is 18.3. The van der Waals surface area contributed by atoms with Crippen LogP contribution in [-0.2, 0) is 37.1 Å². The van der Waals surface area contributed by atoms with E-state index >= 15 is 0 Å². The molecule has 0 bridgehead atoms. The van der Waals surface area contributed by atoms with Crippen LogP contribution in [0.3, 0.4) is 0 Å². The molecule has 0 radical (unpaired) electrons. The summed E-state index contributed by atoms with van der Waals surface area (Å²) in [6.07, 6.45) is 3.53. The van der Waals surface area contributed by atoms with Crippen molar-refractivity contribution in [3.63, 3.8) is 0 Å². The molecule has 0 saturated heterocycles. The van der Waals surface area contributed by atoms with Crippen LogP contribution in [0, 0.1) is 11.8 Å². The van der Waals surface area contributed by atoms with Crippen LogP contribution in [0.25, 0.3) is 0 Å². The number of Topliss-reactive ketones (excluding diaryl/α,β-unsaturated/α-hetero) is 1. The molecule has 2 aromatic rings. The molecular formula is C26H31NO5. The molecule has 1 N–H and O–H groups in total. The summed E-state index contributed by atoms with van der Waals surface area (Å²) < 4.78 is 10.8.